The number of carbonyl (C=O) groups excluding carboxylic acids is 1. The van der Waals surface area contributed by atoms with Gasteiger partial charge in [-0.05, 0) is 18.8 Å². The van der Waals surface area contributed by atoms with Crippen LogP contribution in [-0.4, -0.2) is 12.0 Å². The van der Waals surface area contributed by atoms with Crippen LogP contribution in [-0.2, 0) is 4.79 Å². The second-order valence-corrected chi connectivity index (χ2v) is 3.89. The Bertz CT molecular complexity index is 163. The van der Waals surface area contributed by atoms with Crippen molar-refractivity contribution >= 4 is 12.0 Å². The van der Waals surface area contributed by atoms with Gasteiger partial charge in [0.05, 0.1) is 5.92 Å². The largest absolute Gasteiger partial charge is 0.309 e. The molecular weight excluding hydrogens is 162 g/mol. The molecule has 0 aliphatic rings. The molecule has 13 heavy (non-hydrogen) atoms. The average molecular weight is 183 g/mol. The standard InChI is InChI=1S/C11H21NO/c1-4-5-6-7-11(12)10(8-13)9(2)3/h8-10,12H,4-7H2,1-3H3. The molecular formula is C11H21NO. The number of unbranched alkanes of at least 4 members (excludes halogenated alkanes) is 2. The van der Waals surface area contributed by atoms with E-state index in [1.807, 2.05) is 13.8 Å². The van der Waals surface area contributed by atoms with E-state index in [0.717, 1.165) is 25.5 Å². The zero-order chi connectivity index (χ0) is 10.3. The molecule has 0 saturated heterocycles. The van der Waals surface area contributed by atoms with E-state index >= 15 is 0 Å². The highest BCUT2D eigenvalue weighted by Gasteiger charge is 2.16. The van der Waals surface area contributed by atoms with Gasteiger partial charge in [-0.2, -0.15) is 0 Å². The maximum Gasteiger partial charge on any atom is 0.128 e. The van der Waals surface area contributed by atoms with Crippen LogP contribution in [0.2, 0.25) is 0 Å². The summed E-state index contributed by atoms with van der Waals surface area (Å²) in [6.07, 6.45) is 5.08. The number of hydrogen-bond donors (Lipinski definition) is 1. The normalized spacial score (nSPS) is 12.9. The summed E-state index contributed by atoms with van der Waals surface area (Å²) in [5.41, 5.74) is 0.610. The third kappa shape index (κ3) is 4.81. The Morgan fingerprint density at radius 2 is 2.00 bits per heavy atom. The molecule has 1 N–H and O–H groups in total. The van der Waals surface area contributed by atoms with Gasteiger partial charge in [-0.15, -0.1) is 0 Å². The van der Waals surface area contributed by atoms with E-state index in [1.165, 1.54) is 6.42 Å². The van der Waals surface area contributed by atoms with Crippen molar-refractivity contribution in [1.29, 1.82) is 5.41 Å². The minimum Gasteiger partial charge on any atom is -0.309 e. The van der Waals surface area contributed by atoms with Crippen molar-refractivity contribution in [3.05, 3.63) is 0 Å². The van der Waals surface area contributed by atoms with Crippen LogP contribution in [0.4, 0.5) is 0 Å². The third-order valence-corrected chi connectivity index (χ3v) is 2.32. The van der Waals surface area contributed by atoms with E-state index in [0.29, 0.717) is 5.71 Å². The van der Waals surface area contributed by atoms with Crippen LogP contribution < -0.4 is 0 Å². The second kappa shape index (κ2) is 6.81. The number of rotatable bonds is 7. The Kier molecular flexibility index (Phi) is 6.47. The summed E-state index contributed by atoms with van der Waals surface area (Å²) in [7, 11) is 0. The summed E-state index contributed by atoms with van der Waals surface area (Å²) in [6, 6.07) is 0. The van der Waals surface area contributed by atoms with Gasteiger partial charge in [0, 0.05) is 5.71 Å². The fourth-order valence-corrected chi connectivity index (χ4v) is 1.37. The summed E-state index contributed by atoms with van der Waals surface area (Å²) in [6.45, 7) is 6.13. The van der Waals surface area contributed by atoms with E-state index in [4.69, 9.17) is 5.41 Å². The van der Waals surface area contributed by atoms with E-state index in [-0.39, 0.29) is 11.8 Å². The second-order valence-electron chi connectivity index (χ2n) is 3.89. The van der Waals surface area contributed by atoms with Gasteiger partial charge in [0.2, 0.25) is 0 Å². The SMILES string of the molecule is CCCCCC(=N)C(C=O)C(C)C. The zero-order valence-electron chi connectivity index (χ0n) is 8.97. The highest BCUT2D eigenvalue weighted by Crippen LogP contribution is 2.13. The molecule has 0 radical (unpaired) electrons. The van der Waals surface area contributed by atoms with E-state index in [1.54, 1.807) is 0 Å². The number of carbonyl (C=O) groups is 1. The number of aldehydes is 1. The molecule has 2 nitrogen and oxygen atoms in total. The summed E-state index contributed by atoms with van der Waals surface area (Å²) < 4.78 is 0. The van der Waals surface area contributed by atoms with Gasteiger partial charge in [-0.1, -0.05) is 33.6 Å². The summed E-state index contributed by atoms with van der Waals surface area (Å²) in [4.78, 5) is 10.7. The molecule has 0 aromatic carbocycles. The lowest BCUT2D eigenvalue weighted by Crippen LogP contribution is -2.20. The average Bonchev–Trinajstić information content (AvgIpc) is 2.05. The molecule has 0 aliphatic heterocycles. The van der Waals surface area contributed by atoms with Gasteiger partial charge >= 0.3 is 0 Å². The van der Waals surface area contributed by atoms with Crippen molar-refractivity contribution in [2.24, 2.45) is 11.8 Å². The Balaban J connectivity index is 3.85. The number of nitrogens with one attached hydrogen (secondary N) is 1. The first-order valence-electron chi connectivity index (χ1n) is 5.16. The van der Waals surface area contributed by atoms with E-state index in [2.05, 4.69) is 6.92 Å². The molecule has 0 aromatic rings. The van der Waals surface area contributed by atoms with Crippen LogP contribution in [0.1, 0.15) is 46.5 Å². The van der Waals surface area contributed by atoms with Gasteiger partial charge in [-0.3, -0.25) is 0 Å². The van der Waals surface area contributed by atoms with Crippen molar-refractivity contribution in [2.75, 3.05) is 0 Å². The van der Waals surface area contributed by atoms with Crippen LogP contribution in [0, 0.1) is 17.2 Å². The fourth-order valence-electron chi connectivity index (χ4n) is 1.37. The van der Waals surface area contributed by atoms with Gasteiger partial charge in [-0.25, -0.2) is 0 Å². The van der Waals surface area contributed by atoms with Crippen molar-refractivity contribution in [3.63, 3.8) is 0 Å². The zero-order valence-corrected chi connectivity index (χ0v) is 8.97. The molecule has 0 aliphatic carbocycles. The predicted octanol–water partition coefficient (Wildman–Crippen LogP) is 3.06. The molecule has 76 valence electrons. The first kappa shape index (κ1) is 12.3. The van der Waals surface area contributed by atoms with Crippen LogP contribution in [0.25, 0.3) is 0 Å². The molecule has 0 saturated carbocycles. The van der Waals surface area contributed by atoms with Crippen LogP contribution in [0.5, 0.6) is 0 Å². The molecule has 0 amide bonds. The van der Waals surface area contributed by atoms with Crippen molar-refractivity contribution in [1.82, 2.24) is 0 Å². The Morgan fingerprint density at radius 1 is 1.38 bits per heavy atom. The van der Waals surface area contributed by atoms with Gasteiger partial charge in [0.1, 0.15) is 6.29 Å². The van der Waals surface area contributed by atoms with Crippen LogP contribution in [0.3, 0.4) is 0 Å². The topological polar surface area (TPSA) is 40.9 Å². The van der Waals surface area contributed by atoms with Gasteiger partial charge in [0.25, 0.3) is 0 Å². The molecule has 0 aromatic heterocycles. The monoisotopic (exact) mass is 183 g/mol. The minimum atomic E-state index is -0.156. The van der Waals surface area contributed by atoms with Gasteiger partial charge < -0.3 is 10.2 Å². The highest BCUT2D eigenvalue weighted by atomic mass is 16.1. The highest BCUT2D eigenvalue weighted by molar-refractivity contribution is 5.95. The molecule has 0 rings (SSSR count). The Morgan fingerprint density at radius 3 is 2.38 bits per heavy atom. The smallest absolute Gasteiger partial charge is 0.128 e. The Labute approximate surface area is 81.2 Å². The first-order valence-corrected chi connectivity index (χ1v) is 5.16. The lowest BCUT2D eigenvalue weighted by atomic mass is 9.90. The summed E-state index contributed by atoms with van der Waals surface area (Å²) in [5, 5.41) is 7.72. The molecule has 0 bridgehead atoms. The quantitative estimate of drug-likeness (QED) is 0.368. The molecule has 0 spiro atoms. The lowest BCUT2D eigenvalue weighted by molar-refractivity contribution is -0.110. The maximum absolute atomic E-state index is 10.7. The third-order valence-electron chi connectivity index (χ3n) is 2.32. The van der Waals surface area contributed by atoms with Crippen molar-refractivity contribution in [3.8, 4) is 0 Å². The van der Waals surface area contributed by atoms with Crippen molar-refractivity contribution in [2.45, 2.75) is 46.5 Å². The van der Waals surface area contributed by atoms with E-state index < -0.39 is 0 Å². The molecule has 0 fully saturated rings. The minimum absolute atomic E-state index is 0.156. The molecule has 1 atom stereocenters. The molecule has 2 heteroatoms. The van der Waals surface area contributed by atoms with Crippen molar-refractivity contribution < 1.29 is 4.79 Å². The molecule has 1 unspecified atom stereocenters. The van der Waals surface area contributed by atoms with Gasteiger partial charge in [0.15, 0.2) is 0 Å². The fraction of sp³-hybridized carbons (Fsp3) is 0.818. The van der Waals surface area contributed by atoms with Crippen LogP contribution >= 0.6 is 0 Å². The maximum atomic E-state index is 10.7. The lowest BCUT2D eigenvalue weighted by Gasteiger charge is -2.15. The Hall–Kier alpha value is -0.660. The van der Waals surface area contributed by atoms with Crippen LogP contribution in [0.15, 0.2) is 0 Å². The van der Waals surface area contributed by atoms with E-state index in [9.17, 15) is 4.79 Å². The summed E-state index contributed by atoms with van der Waals surface area (Å²) in [5.74, 6) is 0.114. The predicted molar refractivity (Wildman–Crippen MR) is 56.3 cm³/mol. The number of hydrogen-bond acceptors (Lipinski definition) is 2. The first-order chi connectivity index (χ1) is 6.13. The molecule has 0 heterocycles. The summed E-state index contributed by atoms with van der Waals surface area (Å²) >= 11 is 0.